The molecule has 1 aromatic carbocycles. The number of aromatic nitrogens is 2. The van der Waals surface area contributed by atoms with E-state index < -0.39 is 18.5 Å². The van der Waals surface area contributed by atoms with E-state index in [2.05, 4.69) is 14.7 Å². The van der Waals surface area contributed by atoms with E-state index in [1.165, 1.54) is 19.2 Å². The number of nitrogens with zero attached hydrogens (tertiary/aromatic N) is 2. The van der Waals surface area contributed by atoms with Crippen molar-refractivity contribution in [1.82, 2.24) is 9.97 Å². The molecule has 0 N–H and O–H groups in total. The maximum absolute atomic E-state index is 11.7. The van der Waals surface area contributed by atoms with E-state index in [0.29, 0.717) is 17.3 Å². The van der Waals surface area contributed by atoms with E-state index >= 15 is 0 Å². The molecule has 2 rings (SSSR count). The minimum Gasteiger partial charge on any atom is -0.466 e. The van der Waals surface area contributed by atoms with Gasteiger partial charge in [-0.3, -0.25) is 0 Å². The number of benzene rings is 1. The first-order valence-corrected chi connectivity index (χ1v) is 6.89. The number of carbonyl (C=O) groups is 2. The Balaban J connectivity index is 2.01. The minimum absolute atomic E-state index is 0.0861. The lowest BCUT2D eigenvalue weighted by Gasteiger charge is -2.07. The summed E-state index contributed by atoms with van der Waals surface area (Å²) in [6, 6.07) is 7.78. The highest BCUT2D eigenvalue weighted by molar-refractivity contribution is 6.28. The Morgan fingerprint density at radius 3 is 2.48 bits per heavy atom. The van der Waals surface area contributed by atoms with Gasteiger partial charge in [0.15, 0.2) is 6.61 Å². The van der Waals surface area contributed by atoms with Crippen LogP contribution in [0.5, 0.6) is 11.6 Å². The largest absolute Gasteiger partial charge is 0.466 e. The second-order valence-corrected chi connectivity index (χ2v) is 4.73. The molecule has 0 saturated heterocycles. The van der Waals surface area contributed by atoms with Gasteiger partial charge in [0, 0.05) is 11.8 Å². The van der Waals surface area contributed by atoms with Gasteiger partial charge in [0.25, 0.3) is 0 Å². The van der Waals surface area contributed by atoms with Gasteiger partial charge in [-0.2, -0.15) is 4.98 Å². The van der Waals surface area contributed by atoms with Crippen molar-refractivity contribution in [3.8, 4) is 11.6 Å². The molecule has 0 bridgehead atoms. The monoisotopic (exact) mass is 336 g/mol. The molecule has 0 fully saturated rings. The van der Waals surface area contributed by atoms with Crippen LogP contribution in [0.4, 0.5) is 0 Å². The molecule has 2 aromatic rings. The van der Waals surface area contributed by atoms with Crippen LogP contribution in [-0.4, -0.2) is 35.6 Å². The molecule has 0 saturated carbocycles. The van der Waals surface area contributed by atoms with E-state index in [-0.39, 0.29) is 10.8 Å². The standard InChI is InChI=1S/C15H13ClN2O5/c1-9-7-12(18-15(16)17-9)23-11-5-3-10(4-6-11)14(20)22-8-13(19)21-2/h3-7H,8H2,1-2H3. The summed E-state index contributed by atoms with van der Waals surface area (Å²) in [4.78, 5) is 30.5. The van der Waals surface area contributed by atoms with Gasteiger partial charge in [0.2, 0.25) is 11.2 Å². The van der Waals surface area contributed by atoms with Crippen LogP contribution in [0.2, 0.25) is 5.28 Å². The SMILES string of the molecule is COC(=O)COC(=O)c1ccc(Oc2cc(C)nc(Cl)n2)cc1. The number of esters is 2. The lowest BCUT2D eigenvalue weighted by atomic mass is 10.2. The highest BCUT2D eigenvalue weighted by Gasteiger charge is 2.11. The number of halogens is 1. The molecule has 23 heavy (non-hydrogen) atoms. The van der Waals surface area contributed by atoms with Crippen molar-refractivity contribution < 1.29 is 23.8 Å². The smallest absolute Gasteiger partial charge is 0.344 e. The number of methoxy groups -OCH3 is 1. The fourth-order valence-electron chi connectivity index (χ4n) is 1.60. The Labute approximate surface area is 137 Å². The number of aryl methyl sites for hydroxylation is 1. The highest BCUT2D eigenvalue weighted by Crippen LogP contribution is 2.21. The predicted octanol–water partition coefficient (Wildman–Crippen LogP) is 2.56. The molecule has 0 amide bonds. The van der Waals surface area contributed by atoms with E-state index in [1.54, 1.807) is 25.1 Å². The maximum atomic E-state index is 11.7. The van der Waals surface area contributed by atoms with E-state index in [4.69, 9.17) is 21.1 Å². The molecule has 8 heteroatoms. The minimum atomic E-state index is -0.636. The van der Waals surface area contributed by atoms with Crippen LogP contribution < -0.4 is 4.74 Å². The van der Waals surface area contributed by atoms with Gasteiger partial charge < -0.3 is 14.2 Å². The Morgan fingerprint density at radius 2 is 1.87 bits per heavy atom. The molecule has 7 nitrogen and oxygen atoms in total. The van der Waals surface area contributed by atoms with Crippen molar-refractivity contribution in [2.24, 2.45) is 0 Å². The Bertz CT molecular complexity index is 698. The Kier molecular flexibility index (Phi) is 5.48. The summed E-state index contributed by atoms with van der Waals surface area (Å²) >= 11 is 5.75. The van der Waals surface area contributed by atoms with Gasteiger partial charge in [0.05, 0.1) is 12.7 Å². The summed E-state index contributed by atoms with van der Waals surface area (Å²) < 4.78 is 14.7. The predicted molar refractivity (Wildman–Crippen MR) is 80.6 cm³/mol. The molecular weight excluding hydrogens is 324 g/mol. The van der Waals surface area contributed by atoms with Gasteiger partial charge in [-0.15, -0.1) is 0 Å². The van der Waals surface area contributed by atoms with Crippen LogP contribution in [0.25, 0.3) is 0 Å². The van der Waals surface area contributed by atoms with Gasteiger partial charge in [0.1, 0.15) is 5.75 Å². The third-order valence-corrected chi connectivity index (χ3v) is 2.83. The second kappa shape index (κ2) is 7.55. The molecule has 120 valence electrons. The zero-order chi connectivity index (χ0) is 16.8. The maximum Gasteiger partial charge on any atom is 0.344 e. The average molecular weight is 337 g/mol. The van der Waals surface area contributed by atoms with Crippen molar-refractivity contribution in [3.63, 3.8) is 0 Å². The molecular formula is C15H13ClN2O5. The molecule has 0 atom stereocenters. The Hall–Kier alpha value is -2.67. The second-order valence-electron chi connectivity index (χ2n) is 4.40. The number of carbonyl (C=O) groups excluding carboxylic acids is 2. The molecule has 1 aromatic heterocycles. The van der Waals surface area contributed by atoms with Crippen LogP contribution in [0.15, 0.2) is 30.3 Å². The van der Waals surface area contributed by atoms with Gasteiger partial charge in [-0.25, -0.2) is 14.6 Å². The molecule has 1 heterocycles. The third-order valence-electron chi connectivity index (χ3n) is 2.66. The topological polar surface area (TPSA) is 87.6 Å². The summed E-state index contributed by atoms with van der Waals surface area (Å²) in [5.74, 6) is -0.510. The Morgan fingerprint density at radius 1 is 1.17 bits per heavy atom. The van der Waals surface area contributed by atoms with Crippen molar-refractivity contribution >= 4 is 23.5 Å². The summed E-state index contributed by atoms with van der Waals surface area (Å²) in [6.07, 6.45) is 0. The van der Waals surface area contributed by atoms with Crippen LogP contribution in [0.3, 0.4) is 0 Å². The summed E-state index contributed by atoms with van der Waals surface area (Å²) in [6.45, 7) is 1.33. The van der Waals surface area contributed by atoms with Crippen molar-refractivity contribution in [2.75, 3.05) is 13.7 Å². The van der Waals surface area contributed by atoms with Gasteiger partial charge >= 0.3 is 11.9 Å². The van der Waals surface area contributed by atoms with Crippen LogP contribution in [-0.2, 0) is 14.3 Å². The van der Waals surface area contributed by atoms with E-state index in [0.717, 1.165) is 0 Å². The summed E-state index contributed by atoms with van der Waals surface area (Å²) in [5.41, 5.74) is 0.946. The van der Waals surface area contributed by atoms with Gasteiger partial charge in [-0.1, -0.05) is 0 Å². The number of hydrogen-bond acceptors (Lipinski definition) is 7. The first-order valence-electron chi connectivity index (χ1n) is 6.51. The molecule has 0 aliphatic heterocycles. The highest BCUT2D eigenvalue weighted by atomic mass is 35.5. The van der Waals surface area contributed by atoms with Crippen molar-refractivity contribution in [3.05, 3.63) is 46.9 Å². The molecule has 0 aliphatic carbocycles. The average Bonchev–Trinajstić information content (AvgIpc) is 2.52. The van der Waals surface area contributed by atoms with Crippen LogP contribution >= 0.6 is 11.6 Å². The van der Waals surface area contributed by atoms with Crippen LogP contribution in [0, 0.1) is 6.92 Å². The molecule has 0 spiro atoms. The summed E-state index contributed by atoms with van der Waals surface area (Å²) in [5, 5.41) is 0.0861. The lowest BCUT2D eigenvalue weighted by molar-refractivity contribution is -0.144. The first kappa shape index (κ1) is 16.7. The molecule has 0 radical (unpaired) electrons. The fraction of sp³-hybridized carbons (Fsp3) is 0.200. The zero-order valence-electron chi connectivity index (χ0n) is 12.4. The van der Waals surface area contributed by atoms with Crippen LogP contribution in [0.1, 0.15) is 16.1 Å². The fourth-order valence-corrected chi connectivity index (χ4v) is 1.82. The normalized spacial score (nSPS) is 10.0. The number of rotatable bonds is 5. The quantitative estimate of drug-likeness (QED) is 0.612. The molecule has 0 unspecified atom stereocenters. The first-order chi connectivity index (χ1) is 11.0. The van der Waals surface area contributed by atoms with E-state index in [9.17, 15) is 9.59 Å². The van der Waals surface area contributed by atoms with E-state index in [1.807, 2.05) is 0 Å². The van der Waals surface area contributed by atoms with Gasteiger partial charge in [-0.05, 0) is 42.8 Å². The number of hydrogen-bond donors (Lipinski definition) is 0. The zero-order valence-corrected chi connectivity index (χ0v) is 13.2. The summed E-state index contributed by atoms with van der Waals surface area (Å²) in [7, 11) is 1.21. The molecule has 0 aliphatic rings. The van der Waals surface area contributed by atoms with Crippen molar-refractivity contribution in [2.45, 2.75) is 6.92 Å². The number of ether oxygens (including phenoxy) is 3. The lowest BCUT2D eigenvalue weighted by Crippen LogP contribution is -2.14. The van der Waals surface area contributed by atoms with Crippen molar-refractivity contribution in [1.29, 1.82) is 0 Å². The third kappa shape index (κ3) is 4.93.